The van der Waals surface area contributed by atoms with Crippen molar-refractivity contribution < 1.29 is 9.53 Å². The molecule has 19 heavy (non-hydrogen) atoms. The number of carbonyl (C=O) groups is 1. The lowest BCUT2D eigenvalue weighted by Gasteiger charge is -2.06. The number of aromatic nitrogens is 2. The van der Waals surface area contributed by atoms with Gasteiger partial charge in [-0.3, -0.25) is 14.2 Å². The topological polar surface area (TPSA) is 70.3 Å². The van der Waals surface area contributed by atoms with E-state index in [2.05, 4.69) is 0 Å². The summed E-state index contributed by atoms with van der Waals surface area (Å²) in [6.45, 7) is 0. The van der Waals surface area contributed by atoms with Gasteiger partial charge in [-0.15, -0.1) is 11.3 Å². The van der Waals surface area contributed by atoms with Crippen LogP contribution in [0.25, 0.3) is 0 Å². The van der Waals surface area contributed by atoms with E-state index in [9.17, 15) is 14.4 Å². The van der Waals surface area contributed by atoms with Gasteiger partial charge in [0.1, 0.15) is 16.2 Å². The van der Waals surface area contributed by atoms with Gasteiger partial charge in [0.2, 0.25) is 5.78 Å². The first-order valence-electron chi connectivity index (χ1n) is 5.40. The number of rotatable bonds is 3. The second kappa shape index (κ2) is 4.85. The Bertz CT molecular complexity index is 754. The van der Waals surface area contributed by atoms with Crippen LogP contribution < -0.4 is 16.0 Å². The van der Waals surface area contributed by atoms with Gasteiger partial charge in [-0.25, -0.2) is 4.79 Å². The fraction of sp³-hybridized carbons (Fsp3) is 0.250. The molecule has 0 fully saturated rings. The molecule has 0 aliphatic rings. The van der Waals surface area contributed by atoms with E-state index in [4.69, 9.17) is 4.74 Å². The minimum Gasteiger partial charge on any atom is -0.495 e. The van der Waals surface area contributed by atoms with Crippen molar-refractivity contribution in [2.75, 3.05) is 7.11 Å². The smallest absolute Gasteiger partial charge is 0.330 e. The molecule has 2 aromatic rings. The maximum atomic E-state index is 12.3. The first-order valence-corrected chi connectivity index (χ1v) is 6.28. The molecule has 0 N–H and O–H groups in total. The molecule has 0 unspecified atom stereocenters. The van der Waals surface area contributed by atoms with Crippen molar-refractivity contribution in [1.29, 1.82) is 0 Å². The number of hydrogen-bond acceptors (Lipinski definition) is 5. The Labute approximate surface area is 112 Å². The van der Waals surface area contributed by atoms with Gasteiger partial charge in [-0.2, -0.15) is 0 Å². The predicted molar refractivity (Wildman–Crippen MR) is 71.2 cm³/mol. The van der Waals surface area contributed by atoms with Gasteiger partial charge < -0.3 is 9.30 Å². The normalized spacial score (nSPS) is 10.5. The predicted octanol–water partition coefficient (Wildman–Crippen LogP) is 0.385. The molecule has 0 saturated carbocycles. The van der Waals surface area contributed by atoms with Gasteiger partial charge in [0.15, 0.2) is 0 Å². The Hall–Kier alpha value is -2.15. The minimum atomic E-state index is -0.608. The largest absolute Gasteiger partial charge is 0.495 e. The fourth-order valence-corrected chi connectivity index (χ4v) is 2.52. The molecule has 0 radical (unpaired) electrons. The molecule has 7 heteroatoms. The number of hydrogen-bond donors (Lipinski definition) is 0. The monoisotopic (exact) mass is 280 g/mol. The average Bonchev–Trinajstić information content (AvgIpc) is 2.88. The van der Waals surface area contributed by atoms with Crippen LogP contribution in [-0.2, 0) is 14.1 Å². The van der Waals surface area contributed by atoms with Gasteiger partial charge in [0.25, 0.3) is 5.56 Å². The highest BCUT2D eigenvalue weighted by molar-refractivity contribution is 7.12. The summed E-state index contributed by atoms with van der Waals surface area (Å²) < 4.78 is 7.18. The standard InChI is InChI=1S/C12H12N2O4S/c1-13-6-7(11(16)14(2)12(13)17)9(15)10-8(18-3)4-5-19-10/h4-6H,1-3H3. The lowest BCUT2D eigenvalue weighted by Crippen LogP contribution is -2.39. The summed E-state index contributed by atoms with van der Waals surface area (Å²) in [7, 11) is 4.29. The van der Waals surface area contributed by atoms with E-state index < -0.39 is 17.0 Å². The molecule has 100 valence electrons. The summed E-state index contributed by atoms with van der Waals surface area (Å²) in [6, 6.07) is 1.66. The lowest BCUT2D eigenvalue weighted by molar-refractivity contribution is 0.103. The Balaban J connectivity index is 2.64. The summed E-state index contributed by atoms with van der Waals surface area (Å²) >= 11 is 1.19. The number of ketones is 1. The molecule has 0 aromatic carbocycles. The number of carbonyl (C=O) groups excluding carboxylic acids is 1. The number of thiophene rings is 1. The lowest BCUT2D eigenvalue weighted by atomic mass is 10.2. The molecule has 0 spiro atoms. The van der Waals surface area contributed by atoms with Gasteiger partial charge in [-0.1, -0.05) is 0 Å². The van der Waals surface area contributed by atoms with Crippen molar-refractivity contribution in [2.45, 2.75) is 0 Å². The van der Waals surface area contributed by atoms with Crippen LogP contribution in [0, 0.1) is 0 Å². The molecule has 0 aliphatic heterocycles. The zero-order valence-electron chi connectivity index (χ0n) is 10.7. The third-order valence-electron chi connectivity index (χ3n) is 2.75. The van der Waals surface area contributed by atoms with E-state index in [1.807, 2.05) is 0 Å². The number of aryl methyl sites for hydroxylation is 1. The Morgan fingerprint density at radius 1 is 1.32 bits per heavy atom. The number of nitrogens with zero attached hydrogens (tertiary/aromatic N) is 2. The van der Waals surface area contributed by atoms with Crippen LogP contribution in [0.2, 0.25) is 0 Å². The van der Waals surface area contributed by atoms with Crippen molar-refractivity contribution in [2.24, 2.45) is 14.1 Å². The molecule has 2 rings (SSSR count). The van der Waals surface area contributed by atoms with E-state index in [-0.39, 0.29) is 5.56 Å². The van der Waals surface area contributed by atoms with Crippen LogP contribution in [0.1, 0.15) is 15.2 Å². The van der Waals surface area contributed by atoms with Crippen LogP contribution in [0.5, 0.6) is 5.75 Å². The van der Waals surface area contributed by atoms with Crippen molar-refractivity contribution >= 4 is 17.1 Å². The summed E-state index contributed by atoms with van der Waals surface area (Å²) in [6.07, 6.45) is 1.26. The van der Waals surface area contributed by atoms with E-state index >= 15 is 0 Å². The average molecular weight is 280 g/mol. The maximum Gasteiger partial charge on any atom is 0.330 e. The molecular weight excluding hydrogens is 268 g/mol. The molecule has 0 atom stereocenters. The highest BCUT2D eigenvalue weighted by atomic mass is 32.1. The number of methoxy groups -OCH3 is 1. The quantitative estimate of drug-likeness (QED) is 0.762. The van der Waals surface area contributed by atoms with Crippen molar-refractivity contribution in [3.63, 3.8) is 0 Å². The maximum absolute atomic E-state index is 12.3. The third-order valence-corrected chi connectivity index (χ3v) is 3.64. The Morgan fingerprint density at radius 2 is 2.00 bits per heavy atom. The van der Waals surface area contributed by atoms with Crippen LogP contribution in [0.15, 0.2) is 27.2 Å². The van der Waals surface area contributed by atoms with Crippen molar-refractivity contribution in [1.82, 2.24) is 9.13 Å². The molecule has 0 amide bonds. The van der Waals surface area contributed by atoms with Crippen molar-refractivity contribution in [3.05, 3.63) is 48.9 Å². The second-order valence-electron chi connectivity index (χ2n) is 3.95. The summed E-state index contributed by atoms with van der Waals surface area (Å²) in [5, 5.41) is 1.71. The first kappa shape index (κ1) is 13.3. The molecular formula is C12H12N2O4S. The molecule has 0 bridgehead atoms. The highest BCUT2D eigenvalue weighted by Crippen LogP contribution is 2.26. The van der Waals surface area contributed by atoms with Crippen LogP contribution >= 0.6 is 11.3 Å². The molecule has 6 nitrogen and oxygen atoms in total. The van der Waals surface area contributed by atoms with E-state index in [0.717, 1.165) is 4.57 Å². The van der Waals surface area contributed by atoms with Gasteiger partial charge in [0.05, 0.1) is 7.11 Å². The summed E-state index contributed by atoms with van der Waals surface area (Å²) in [5.74, 6) is -0.0195. The third kappa shape index (κ3) is 2.12. The zero-order valence-corrected chi connectivity index (χ0v) is 11.5. The fourth-order valence-electron chi connectivity index (χ4n) is 1.71. The first-order chi connectivity index (χ1) is 8.97. The van der Waals surface area contributed by atoms with Gasteiger partial charge >= 0.3 is 5.69 Å². The van der Waals surface area contributed by atoms with Crippen LogP contribution in [-0.4, -0.2) is 22.0 Å². The summed E-state index contributed by atoms with van der Waals surface area (Å²) in [5.41, 5.74) is -1.13. The van der Waals surface area contributed by atoms with Gasteiger partial charge in [-0.05, 0) is 11.4 Å². The van der Waals surface area contributed by atoms with E-state index in [1.54, 1.807) is 11.4 Å². The Morgan fingerprint density at radius 3 is 2.63 bits per heavy atom. The summed E-state index contributed by atoms with van der Waals surface area (Å²) in [4.78, 5) is 36.2. The second-order valence-corrected chi connectivity index (χ2v) is 4.86. The van der Waals surface area contributed by atoms with E-state index in [1.165, 1.54) is 43.3 Å². The zero-order chi connectivity index (χ0) is 14.2. The molecule has 0 saturated heterocycles. The Kier molecular flexibility index (Phi) is 3.39. The minimum absolute atomic E-state index is 0.0506. The molecule has 0 aliphatic carbocycles. The molecule has 2 aromatic heterocycles. The highest BCUT2D eigenvalue weighted by Gasteiger charge is 2.21. The molecule has 2 heterocycles. The number of ether oxygens (including phenoxy) is 1. The van der Waals surface area contributed by atoms with E-state index in [0.29, 0.717) is 10.6 Å². The van der Waals surface area contributed by atoms with Crippen LogP contribution in [0.3, 0.4) is 0 Å². The SMILES string of the molecule is COc1ccsc1C(=O)c1cn(C)c(=O)n(C)c1=O. The van der Waals surface area contributed by atoms with Gasteiger partial charge in [0, 0.05) is 20.3 Å². The van der Waals surface area contributed by atoms with Crippen molar-refractivity contribution in [3.8, 4) is 5.75 Å². The van der Waals surface area contributed by atoms with Crippen LogP contribution in [0.4, 0.5) is 0 Å².